The van der Waals surface area contributed by atoms with Crippen molar-refractivity contribution in [3.05, 3.63) is 289 Å². The number of aromatic nitrogens is 13. The maximum atomic E-state index is 11.9. The van der Waals surface area contributed by atoms with Gasteiger partial charge in [0.15, 0.2) is 63.4 Å². The third-order valence-corrected chi connectivity index (χ3v) is 19.8. The molecule has 0 atom stereocenters. The Labute approximate surface area is 710 Å². The van der Waals surface area contributed by atoms with Gasteiger partial charge in [0.25, 0.3) is 29.5 Å². The second-order valence-electron chi connectivity index (χ2n) is 28.0. The Balaban J connectivity index is 0.000000126. The number of amides is 5. The van der Waals surface area contributed by atoms with Crippen LogP contribution < -0.4 is 65.1 Å². The van der Waals surface area contributed by atoms with Crippen LogP contribution in [0.1, 0.15) is 96.2 Å². The van der Waals surface area contributed by atoms with Gasteiger partial charge in [0.1, 0.15) is 6.33 Å². The topological polar surface area (TPSA) is 495 Å². The first-order chi connectivity index (χ1) is 60.4. The zero-order valence-corrected chi connectivity index (χ0v) is 67.3. The molecule has 2 aliphatic heterocycles. The second-order valence-corrected chi connectivity index (χ2v) is 28.0. The van der Waals surface area contributed by atoms with Gasteiger partial charge in [-0.3, -0.25) is 29.1 Å². The van der Waals surface area contributed by atoms with Crippen LogP contribution in [0, 0.1) is 11.3 Å². The minimum absolute atomic E-state index is 0.0565. The fourth-order valence-corrected chi connectivity index (χ4v) is 13.6. The van der Waals surface area contributed by atoms with Crippen LogP contribution >= 0.6 is 0 Å². The molecule has 16 N–H and O–H groups in total. The van der Waals surface area contributed by atoms with Crippen molar-refractivity contribution >= 4 is 154 Å². The number of fused-ring (bicyclic) bond motifs is 5. The van der Waals surface area contributed by atoms with E-state index in [0.717, 1.165) is 86.2 Å². The Morgan fingerprint density at radius 1 is 0.387 bits per heavy atom. The molecule has 620 valence electrons. The summed E-state index contributed by atoms with van der Waals surface area (Å²) in [7, 11) is 0. The van der Waals surface area contributed by atoms with Crippen LogP contribution in [0.2, 0.25) is 0 Å². The van der Waals surface area contributed by atoms with Crippen LogP contribution in [0.15, 0.2) is 249 Å². The Bertz CT molecular complexity index is 6580. The van der Waals surface area contributed by atoms with Crippen LogP contribution in [0.25, 0.3) is 66.6 Å². The van der Waals surface area contributed by atoms with Crippen LogP contribution in [0.5, 0.6) is 0 Å². The summed E-state index contributed by atoms with van der Waals surface area (Å²) in [4.78, 5) is 112. The molecule has 0 radical (unpaired) electrons. The molecule has 2 fully saturated rings. The minimum atomic E-state index is -0.669. The highest BCUT2D eigenvalue weighted by atomic mass is 16.5. The number of nitrogens with two attached hydrogens (primary N) is 5. The first-order valence-electron chi connectivity index (χ1n) is 39.5. The lowest BCUT2D eigenvalue weighted by atomic mass is 9.94. The third kappa shape index (κ3) is 20.7. The number of nitrogens with one attached hydrogen (secondary N) is 6. The summed E-state index contributed by atoms with van der Waals surface area (Å²) in [5, 5.41) is 31.3. The van der Waals surface area contributed by atoms with E-state index in [1.165, 1.54) is 11.9 Å². The quantitative estimate of drug-likeness (QED) is 0.0318. The maximum Gasteiger partial charge on any atom is 0.271 e. The number of ether oxygens (including phenoxy) is 2. The standard InChI is InChI=1S/C20H22N4O.2C19H19N5O2.C17H13N7O.C16H11N5O/c1-3-13(4-2)14-9-11-15(12-10-14)22-20-18(19(21)25)23-16-7-5-6-8-17(16)24-20;20-18(25)17-19(22-14-6-2-1-5-13(14)21-17)23-15-7-3-4-8-16(15)24-9-11-26-12-10-24;20-18(25)17-19(23-16-4-2-1-3-15(16)22-17)21-13-5-7-14(8-6-13)24-9-11-26-12-10-24;18-15(25)14-17(23-13-8-4-3-7-12(13)21-14)22-11-6-2-1-5-10(11)16-19-9-20-24-16;17-9-10-4-3-5-11(8-10)19-16-14(15(18)22)20-12-6-1-2-7-13(12)21-16/h5-13H,3-4H2,1-2H3,(H2,21,25)(H,22,24);1-8H,9-12H2,(H2,20,25)(H,22,23);1-8H,9-12H2,(H2,20,25)(H,21,23);1-9H,(H2,18,25)(H,22,23)(H,19,20,24);1-8H,(H2,18,22)(H,19,21). The lowest BCUT2D eigenvalue weighted by molar-refractivity contribution is 0.0988. The molecule has 2 saturated heterocycles. The summed E-state index contributed by atoms with van der Waals surface area (Å²) in [6.45, 7) is 10.7. The lowest BCUT2D eigenvalue weighted by Crippen LogP contribution is -2.36. The van der Waals surface area contributed by atoms with E-state index in [0.29, 0.717) is 115 Å². The summed E-state index contributed by atoms with van der Waals surface area (Å²) in [6, 6.07) is 77.1. The molecular weight excluding hydrogens is 1570 g/mol. The van der Waals surface area contributed by atoms with Gasteiger partial charge in [-0.1, -0.05) is 117 Å². The zero-order chi connectivity index (χ0) is 86.4. The number of nitrogens with zero attached hydrogens (tertiary/aromatic N) is 15. The van der Waals surface area contributed by atoms with Crippen molar-refractivity contribution in [3.63, 3.8) is 0 Å². The molecule has 124 heavy (non-hydrogen) atoms. The van der Waals surface area contributed by atoms with Gasteiger partial charge >= 0.3 is 0 Å². The summed E-state index contributed by atoms with van der Waals surface area (Å²) in [6.07, 6.45) is 3.66. The second kappa shape index (κ2) is 39.8. The number of aromatic amines is 1. The largest absolute Gasteiger partial charge is 0.378 e. The van der Waals surface area contributed by atoms with Gasteiger partial charge in [-0.25, -0.2) is 54.8 Å². The summed E-state index contributed by atoms with van der Waals surface area (Å²) < 4.78 is 10.8. The van der Waals surface area contributed by atoms with E-state index >= 15 is 0 Å². The summed E-state index contributed by atoms with van der Waals surface area (Å²) in [5.41, 5.74) is 43.0. The predicted octanol–water partition coefficient (Wildman–Crippen LogP) is 13.6. The number of carbonyl (C=O) groups excluding carboxylic acids is 5. The van der Waals surface area contributed by atoms with E-state index in [2.05, 4.69) is 133 Å². The van der Waals surface area contributed by atoms with Gasteiger partial charge in [0.05, 0.1) is 110 Å². The molecule has 33 nitrogen and oxygen atoms in total. The number of nitriles is 1. The van der Waals surface area contributed by atoms with E-state index in [4.69, 9.17) is 43.4 Å². The molecule has 5 amide bonds. The summed E-state index contributed by atoms with van der Waals surface area (Å²) in [5.74, 6) is -0.351. The number of morpholine rings is 2. The molecular formula is C91H84N26O7. The Morgan fingerprint density at radius 3 is 1.10 bits per heavy atom. The predicted molar refractivity (Wildman–Crippen MR) is 478 cm³/mol. The van der Waals surface area contributed by atoms with Crippen molar-refractivity contribution in [2.24, 2.45) is 28.7 Å². The van der Waals surface area contributed by atoms with Crippen LogP contribution in [0.3, 0.4) is 0 Å². The van der Waals surface area contributed by atoms with Crippen LogP contribution in [-0.2, 0) is 9.47 Å². The van der Waals surface area contributed by atoms with Crippen molar-refractivity contribution in [1.29, 1.82) is 5.26 Å². The number of para-hydroxylation sites is 13. The average molecular weight is 1650 g/mol. The van der Waals surface area contributed by atoms with Crippen molar-refractivity contribution in [2.75, 3.05) is 89.0 Å². The summed E-state index contributed by atoms with van der Waals surface area (Å²) >= 11 is 0. The van der Waals surface area contributed by atoms with Gasteiger partial charge in [0, 0.05) is 54.5 Å². The molecule has 0 aliphatic carbocycles. The fraction of sp³-hybridized carbons (Fsp3) is 0.143. The maximum absolute atomic E-state index is 11.9. The number of anilines is 12. The van der Waals surface area contributed by atoms with Gasteiger partial charge in [-0.05, 0) is 164 Å². The number of rotatable bonds is 21. The van der Waals surface area contributed by atoms with Gasteiger partial charge in [0.2, 0.25) is 0 Å². The normalized spacial score (nSPS) is 12.2. The highest BCUT2D eigenvalue weighted by molar-refractivity contribution is 6.03. The molecule has 33 heteroatoms. The molecule has 0 unspecified atom stereocenters. The van der Waals surface area contributed by atoms with Crippen molar-refractivity contribution in [1.82, 2.24) is 65.0 Å². The molecule has 8 heterocycles. The van der Waals surface area contributed by atoms with E-state index < -0.39 is 29.5 Å². The van der Waals surface area contributed by atoms with Crippen molar-refractivity contribution in [2.45, 2.75) is 32.6 Å². The molecule has 0 bridgehead atoms. The lowest BCUT2D eigenvalue weighted by Gasteiger charge is -2.30. The Kier molecular flexibility index (Phi) is 26.9. The average Bonchev–Trinajstić information content (AvgIpc) is 1.16. The monoisotopic (exact) mass is 1650 g/mol. The van der Waals surface area contributed by atoms with Gasteiger partial charge in [-0.2, -0.15) is 10.4 Å². The molecule has 6 aromatic heterocycles. The fourth-order valence-electron chi connectivity index (χ4n) is 13.6. The molecule has 2 aliphatic rings. The number of primary amides is 5. The smallest absolute Gasteiger partial charge is 0.271 e. The number of H-pyrrole nitrogens is 1. The minimum Gasteiger partial charge on any atom is -0.378 e. The number of hydrogen-bond acceptors (Lipinski definition) is 27. The SMILES string of the molecule is CCC(CC)c1ccc(Nc2nc3ccccc3nc2C(N)=O)cc1.N#Cc1cccc(Nc2nc3ccccc3nc2C(N)=O)c1.NC(=O)c1nc2ccccc2nc1Nc1ccc(N2CCOCC2)cc1.NC(=O)c1nc2ccccc2nc1Nc1ccccc1-c1ncn[nH]1.NC(=O)c1nc2ccccc2nc1Nc1ccccc1N1CCOCC1. The van der Waals surface area contributed by atoms with Crippen LogP contribution in [0.4, 0.5) is 68.9 Å². The zero-order valence-electron chi connectivity index (χ0n) is 67.3. The van der Waals surface area contributed by atoms with E-state index in [1.54, 1.807) is 54.6 Å². The number of benzene rings is 10. The van der Waals surface area contributed by atoms with Gasteiger partial charge < -0.3 is 74.5 Å². The van der Waals surface area contributed by atoms with Crippen molar-refractivity contribution < 1.29 is 33.4 Å². The molecule has 0 saturated carbocycles. The van der Waals surface area contributed by atoms with Crippen molar-refractivity contribution in [3.8, 4) is 17.5 Å². The van der Waals surface area contributed by atoms with Gasteiger partial charge in [-0.15, -0.1) is 0 Å². The van der Waals surface area contributed by atoms with E-state index in [-0.39, 0.29) is 40.1 Å². The molecule has 16 aromatic rings. The van der Waals surface area contributed by atoms with E-state index in [9.17, 15) is 24.0 Å². The third-order valence-electron chi connectivity index (χ3n) is 19.8. The highest BCUT2D eigenvalue weighted by Crippen LogP contribution is 2.34. The van der Waals surface area contributed by atoms with Crippen LogP contribution in [-0.4, -0.2) is 147 Å². The Hall–Kier alpha value is -16.6. The van der Waals surface area contributed by atoms with E-state index in [1.807, 2.05) is 176 Å². The first-order valence-corrected chi connectivity index (χ1v) is 39.5. The first kappa shape index (κ1) is 83.9. The highest BCUT2D eigenvalue weighted by Gasteiger charge is 2.23. The Morgan fingerprint density at radius 2 is 0.726 bits per heavy atom. The number of hydrogen-bond donors (Lipinski definition) is 11. The molecule has 10 aromatic carbocycles. The molecule has 0 spiro atoms. The number of carbonyl (C=O) groups is 5. The molecule has 18 rings (SSSR count).